The maximum atomic E-state index is 4.13. The van der Waals surface area contributed by atoms with Crippen LogP contribution in [0.4, 0.5) is 0 Å². The number of nitrogens with one attached hydrogen (secondary N) is 1. The van der Waals surface area contributed by atoms with Gasteiger partial charge in [-0.15, -0.1) is 0 Å². The number of aromatic nitrogens is 2. The minimum Gasteiger partial charge on any atom is -0.285 e. The third kappa shape index (κ3) is 1.83. The summed E-state index contributed by atoms with van der Waals surface area (Å²) in [4.78, 5) is 0. The smallest absolute Gasteiger partial charge is 0.0764 e. The summed E-state index contributed by atoms with van der Waals surface area (Å²) in [5.41, 5.74) is 2.59. The van der Waals surface area contributed by atoms with Gasteiger partial charge >= 0.3 is 0 Å². The van der Waals surface area contributed by atoms with Gasteiger partial charge in [0.05, 0.1) is 5.69 Å². The van der Waals surface area contributed by atoms with Gasteiger partial charge in [0.25, 0.3) is 0 Å². The Labute approximate surface area is 75.5 Å². The van der Waals surface area contributed by atoms with Gasteiger partial charge in [-0.25, -0.2) is 0 Å². The lowest BCUT2D eigenvalue weighted by molar-refractivity contribution is 0.586. The SMILES string of the molecule is CC(C)(C)c1c[nH]nc1CBr. The molecule has 1 rings (SSSR count). The van der Waals surface area contributed by atoms with Crippen LogP contribution in [0, 0.1) is 0 Å². The molecular formula is C8H13BrN2. The Morgan fingerprint density at radius 1 is 1.55 bits per heavy atom. The highest BCUT2D eigenvalue weighted by molar-refractivity contribution is 9.08. The first-order valence-electron chi connectivity index (χ1n) is 3.65. The van der Waals surface area contributed by atoms with Gasteiger partial charge < -0.3 is 0 Å². The van der Waals surface area contributed by atoms with E-state index in [0.717, 1.165) is 11.0 Å². The third-order valence-corrected chi connectivity index (χ3v) is 2.19. The van der Waals surface area contributed by atoms with E-state index in [9.17, 15) is 0 Å². The van der Waals surface area contributed by atoms with Crippen molar-refractivity contribution in [2.75, 3.05) is 0 Å². The number of nitrogens with zero attached hydrogens (tertiary/aromatic N) is 1. The van der Waals surface area contributed by atoms with Crippen molar-refractivity contribution in [3.05, 3.63) is 17.5 Å². The maximum Gasteiger partial charge on any atom is 0.0764 e. The average molecular weight is 217 g/mol. The van der Waals surface area contributed by atoms with E-state index >= 15 is 0 Å². The summed E-state index contributed by atoms with van der Waals surface area (Å²) >= 11 is 3.40. The molecule has 2 nitrogen and oxygen atoms in total. The van der Waals surface area contributed by atoms with Crippen molar-refractivity contribution in [2.45, 2.75) is 31.5 Å². The van der Waals surface area contributed by atoms with Crippen LogP contribution in [0.3, 0.4) is 0 Å². The molecule has 62 valence electrons. The Hall–Kier alpha value is -0.310. The molecule has 0 aliphatic heterocycles. The van der Waals surface area contributed by atoms with Crippen LogP contribution in [0.5, 0.6) is 0 Å². The molecular weight excluding hydrogens is 204 g/mol. The van der Waals surface area contributed by atoms with Crippen molar-refractivity contribution in [3.8, 4) is 0 Å². The highest BCUT2D eigenvalue weighted by Gasteiger charge is 2.18. The molecule has 1 N–H and O–H groups in total. The summed E-state index contributed by atoms with van der Waals surface area (Å²) in [6, 6.07) is 0. The predicted octanol–water partition coefficient (Wildman–Crippen LogP) is 2.60. The van der Waals surface area contributed by atoms with Gasteiger partial charge in [0.15, 0.2) is 0 Å². The summed E-state index contributed by atoms with van der Waals surface area (Å²) in [7, 11) is 0. The first kappa shape index (κ1) is 8.78. The first-order valence-corrected chi connectivity index (χ1v) is 4.77. The summed E-state index contributed by atoms with van der Waals surface area (Å²) in [6.45, 7) is 6.55. The minimum atomic E-state index is 0.191. The second-order valence-corrected chi connectivity index (χ2v) is 4.19. The highest BCUT2D eigenvalue weighted by Crippen LogP contribution is 2.25. The molecule has 0 aliphatic rings. The Bertz CT molecular complexity index is 234. The quantitative estimate of drug-likeness (QED) is 0.719. The molecule has 0 radical (unpaired) electrons. The van der Waals surface area contributed by atoms with E-state index in [1.807, 2.05) is 6.20 Å². The molecule has 0 amide bonds. The zero-order valence-corrected chi connectivity index (χ0v) is 8.70. The molecule has 1 aromatic rings. The largest absolute Gasteiger partial charge is 0.285 e. The fourth-order valence-electron chi connectivity index (χ4n) is 1.07. The summed E-state index contributed by atoms with van der Waals surface area (Å²) in [6.07, 6.45) is 1.97. The van der Waals surface area contributed by atoms with E-state index in [1.54, 1.807) is 0 Å². The van der Waals surface area contributed by atoms with Gasteiger partial charge in [-0.2, -0.15) is 5.10 Å². The van der Waals surface area contributed by atoms with E-state index in [-0.39, 0.29) is 5.41 Å². The second kappa shape index (κ2) is 2.97. The van der Waals surface area contributed by atoms with Gasteiger partial charge in [0.2, 0.25) is 0 Å². The predicted molar refractivity (Wildman–Crippen MR) is 49.9 cm³/mol. The van der Waals surface area contributed by atoms with E-state index < -0.39 is 0 Å². The molecule has 0 saturated heterocycles. The van der Waals surface area contributed by atoms with Gasteiger partial charge in [-0.3, -0.25) is 5.10 Å². The summed E-state index contributed by atoms with van der Waals surface area (Å²) in [5.74, 6) is 0. The zero-order chi connectivity index (χ0) is 8.48. The number of H-pyrrole nitrogens is 1. The first-order chi connectivity index (χ1) is 5.05. The van der Waals surface area contributed by atoms with Gasteiger partial charge in [0, 0.05) is 11.5 Å². The van der Waals surface area contributed by atoms with Crippen molar-refractivity contribution in [1.29, 1.82) is 0 Å². The molecule has 0 aliphatic carbocycles. The van der Waals surface area contributed by atoms with Crippen LogP contribution in [0.25, 0.3) is 0 Å². The number of hydrogen-bond donors (Lipinski definition) is 1. The van der Waals surface area contributed by atoms with Crippen LogP contribution in [0.15, 0.2) is 6.20 Å². The monoisotopic (exact) mass is 216 g/mol. The fraction of sp³-hybridized carbons (Fsp3) is 0.625. The number of halogens is 1. The van der Waals surface area contributed by atoms with Crippen molar-refractivity contribution >= 4 is 15.9 Å². The molecule has 0 fully saturated rings. The van der Waals surface area contributed by atoms with Crippen LogP contribution in [-0.2, 0) is 10.7 Å². The lowest BCUT2D eigenvalue weighted by Gasteiger charge is -2.17. The molecule has 0 spiro atoms. The highest BCUT2D eigenvalue weighted by atomic mass is 79.9. The van der Waals surface area contributed by atoms with Gasteiger partial charge in [0.1, 0.15) is 0 Å². The molecule has 1 aromatic heterocycles. The maximum absolute atomic E-state index is 4.13. The van der Waals surface area contributed by atoms with Crippen LogP contribution < -0.4 is 0 Å². The lowest BCUT2D eigenvalue weighted by atomic mass is 9.88. The molecule has 0 aromatic carbocycles. The molecule has 1 heterocycles. The van der Waals surface area contributed by atoms with E-state index in [1.165, 1.54) is 5.56 Å². The number of alkyl halides is 1. The van der Waals surface area contributed by atoms with Crippen molar-refractivity contribution in [3.63, 3.8) is 0 Å². The summed E-state index contributed by atoms with van der Waals surface area (Å²) < 4.78 is 0. The van der Waals surface area contributed by atoms with Gasteiger partial charge in [-0.05, 0) is 11.0 Å². The standard InChI is InChI=1S/C8H13BrN2/c1-8(2,3)6-5-10-11-7(6)4-9/h5H,4H2,1-3H3,(H,10,11). The normalized spacial score (nSPS) is 12.0. The van der Waals surface area contributed by atoms with Crippen molar-refractivity contribution in [2.24, 2.45) is 0 Å². The lowest BCUT2D eigenvalue weighted by Crippen LogP contribution is -2.12. The molecule has 11 heavy (non-hydrogen) atoms. The molecule has 0 unspecified atom stereocenters. The van der Waals surface area contributed by atoms with Crippen molar-refractivity contribution in [1.82, 2.24) is 10.2 Å². The number of aromatic amines is 1. The Kier molecular flexibility index (Phi) is 2.37. The fourth-order valence-corrected chi connectivity index (χ4v) is 1.50. The molecule has 0 saturated carbocycles. The minimum absolute atomic E-state index is 0.191. The summed E-state index contributed by atoms with van der Waals surface area (Å²) in [5, 5.41) is 7.83. The van der Waals surface area contributed by atoms with Crippen molar-refractivity contribution < 1.29 is 0 Å². The second-order valence-electron chi connectivity index (χ2n) is 3.63. The Morgan fingerprint density at radius 3 is 2.55 bits per heavy atom. The zero-order valence-electron chi connectivity index (χ0n) is 7.11. The van der Waals surface area contributed by atoms with Crippen LogP contribution in [0.1, 0.15) is 32.0 Å². The van der Waals surface area contributed by atoms with Gasteiger partial charge in [-0.1, -0.05) is 36.7 Å². The van der Waals surface area contributed by atoms with Crippen LogP contribution in [0.2, 0.25) is 0 Å². The van der Waals surface area contributed by atoms with E-state index in [4.69, 9.17) is 0 Å². The topological polar surface area (TPSA) is 28.7 Å². The average Bonchev–Trinajstić information content (AvgIpc) is 2.31. The Balaban J connectivity index is 3.02. The molecule has 0 bridgehead atoms. The molecule has 3 heteroatoms. The van der Waals surface area contributed by atoms with Crippen LogP contribution in [-0.4, -0.2) is 10.2 Å². The number of hydrogen-bond acceptors (Lipinski definition) is 1. The number of rotatable bonds is 1. The van der Waals surface area contributed by atoms with E-state index in [2.05, 4.69) is 46.9 Å². The third-order valence-electron chi connectivity index (χ3n) is 1.65. The molecule has 0 atom stereocenters. The van der Waals surface area contributed by atoms with E-state index in [0.29, 0.717) is 0 Å². The Morgan fingerprint density at radius 2 is 2.18 bits per heavy atom. The van der Waals surface area contributed by atoms with Crippen LogP contribution >= 0.6 is 15.9 Å².